The summed E-state index contributed by atoms with van der Waals surface area (Å²) in [5.74, 6) is 5.55. The highest BCUT2D eigenvalue weighted by atomic mass is 32.1. The maximum absolute atomic E-state index is 14.2. The topological polar surface area (TPSA) is 66.9 Å². The molecule has 0 unspecified atom stereocenters. The number of carbonyl (C=O) groups excluding carboxylic acids is 3. The number of esters is 1. The van der Waals surface area contributed by atoms with Crippen molar-refractivity contribution in [3.05, 3.63) is 27.5 Å². The van der Waals surface area contributed by atoms with Crippen LogP contribution in [0.3, 0.4) is 0 Å². The number of amides is 2. The van der Waals surface area contributed by atoms with E-state index in [1.54, 1.807) is 22.9 Å². The number of hydrogen-bond acceptors (Lipinski definition) is 5. The van der Waals surface area contributed by atoms with Gasteiger partial charge < -0.3 is 9.64 Å². The summed E-state index contributed by atoms with van der Waals surface area (Å²) in [6.45, 7) is 10.9. The Hall–Kier alpha value is -2.59. The zero-order valence-electron chi connectivity index (χ0n) is 22.1. The predicted octanol–water partition coefficient (Wildman–Crippen LogP) is 5.27. The summed E-state index contributed by atoms with van der Waals surface area (Å²) < 4.78 is 5.09. The molecule has 0 saturated carbocycles. The van der Waals surface area contributed by atoms with Gasteiger partial charge in [0.1, 0.15) is 10.9 Å². The number of carbonyl (C=O) groups is 3. The Morgan fingerprint density at radius 1 is 1.26 bits per heavy atom. The lowest BCUT2D eigenvalue weighted by atomic mass is 9.80. The zero-order chi connectivity index (χ0) is 25.9. The van der Waals surface area contributed by atoms with Gasteiger partial charge in [-0.2, -0.15) is 0 Å². The van der Waals surface area contributed by atoms with E-state index in [-0.39, 0.29) is 29.1 Å². The third kappa shape index (κ3) is 6.35. The standard InChI is InChI=1S/C28H38N2O4S/c1-18-11-12-21(19(2)16-18)25(31)30(22-10-8-9-15-29(6)26(22)32)23-17-20(13-14-28(3,4)5)35-24(23)27(33)34-7/h11,17,19,21-22H,8-10,12,15-16H2,1-7H3/t19-,21-,22-/m0/s1. The van der Waals surface area contributed by atoms with E-state index in [1.807, 2.05) is 20.8 Å². The van der Waals surface area contributed by atoms with Gasteiger partial charge in [-0.1, -0.05) is 30.4 Å². The van der Waals surface area contributed by atoms with E-state index in [4.69, 9.17) is 4.74 Å². The van der Waals surface area contributed by atoms with E-state index in [1.165, 1.54) is 24.0 Å². The van der Waals surface area contributed by atoms with Gasteiger partial charge in [-0.15, -0.1) is 11.3 Å². The number of ether oxygens (including phenoxy) is 1. The number of methoxy groups -OCH3 is 1. The highest BCUT2D eigenvalue weighted by molar-refractivity contribution is 7.15. The third-order valence-electron chi connectivity index (χ3n) is 6.70. The lowest BCUT2D eigenvalue weighted by Gasteiger charge is -2.37. The van der Waals surface area contributed by atoms with Gasteiger partial charge in [-0.25, -0.2) is 4.79 Å². The fraction of sp³-hybridized carbons (Fsp3) is 0.607. The molecule has 0 radical (unpaired) electrons. The van der Waals surface area contributed by atoms with Crippen LogP contribution in [0.25, 0.3) is 0 Å². The first-order chi connectivity index (χ1) is 16.4. The summed E-state index contributed by atoms with van der Waals surface area (Å²) >= 11 is 1.22. The van der Waals surface area contributed by atoms with E-state index >= 15 is 0 Å². The number of anilines is 1. The second kappa shape index (κ2) is 11.0. The molecule has 35 heavy (non-hydrogen) atoms. The fourth-order valence-electron chi connectivity index (χ4n) is 4.78. The minimum Gasteiger partial charge on any atom is -0.465 e. The lowest BCUT2D eigenvalue weighted by molar-refractivity contribution is -0.134. The van der Waals surface area contributed by atoms with Crippen LogP contribution in [0.15, 0.2) is 17.7 Å². The molecule has 0 spiro atoms. The van der Waals surface area contributed by atoms with Crippen LogP contribution in [0.1, 0.15) is 81.3 Å². The third-order valence-corrected chi connectivity index (χ3v) is 7.72. The van der Waals surface area contributed by atoms with Crippen molar-refractivity contribution in [2.24, 2.45) is 17.3 Å². The molecule has 7 heteroatoms. The molecular formula is C28H38N2O4S. The van der Waals surface area contributed by atoms with E-state index < -0.39 is 12.0 Å². The molecule has 0 aromatic carbocycles. The molecule has 2 aliphatic rings. The lowest BCUT2D eigenvalue weighted by Crippen LogP contribution is -2.52. The van der Waals surface area contributed by atoms with Crippen LogP contribution >= 0.6 is 11.3 Å². The highest BCUT2D eigenvalue weighted by Crippen LogP contribution is 2.38. The molecule has 2 heterocycles. The van der Waals surface area contributed by atoms with Crippen molar-refractivity contribution in [1.82, 2.24) is 4.90 Å². The Labute approximate surface area is 213 Å². The summed E-state index contributed by atoms with van der Waals surface area (Å²) in [4.78, 5) is 44.9. The normalized spacial score (nSPS) is 23.1. The van der Waals surface area contributed by atoms with Gasteiger partial charge in [0, 0.05) is 24.9 Å². The molecular weight excluding hydrogens is 460 g/mol. The van der Waals surface area contributed by atoms with Gasteiger partial charge in [-0.3, -0.25) is 14.5 Å². The average molecular weight is 499 g/mol. The summed E-state index contributed by atoms with van der Waals surface area (Å²) in [7, 11) is 3.12. The van der Waals surface area contributed by atoms with E-state index in [0.29, 0.717) is 34.8 Å². The Bertz CT molecular complexity index is 1070. The largest absolute Gasteiger partial charge is 0.465 e. The number of allylic oxidation sites excluding steroid dienone is 2. The van der Waals surface area contributed by atoms with Crippen molar-refractivity contribution in [3.8, 4) is 11.8 Å². The van der Waals surface area contributed by atoms with Crippen LogP contribution in [0.5, 0.6) is 0 Å². The average Bonchev–Trinajstić information content (AvgIpc) is 3.14. The molecule has 2 amide bonds. The number of nitrogens with zero attached hydrogens (tertiary/aromatic N) is 2. The molecule has 6 nitrogen and oxygen atoms in total. The van der Waals surface area contributed by atoms with Crippen LogP contribution in [-0.2, 0) is 14.3 Å². The second-order valence-corrected chi connectivity index (χ2v) is 11.9. The van der Waals surface area contributed by atoms with E-state index in [9.17, 15) is 14.4 Å². The zero-order valence-corrected chi connectivity index (χ0v) is 22.9. The first kappa shape index (κ1) is 27.0. The molecule has 1 aliphatic heterocycles. The highest BCUT2D eigenvalue weighted by Gasteiger charge is 2.41. The van der Waals surface area contributed by atoms with Crippen LogP contribution in [0.2, 0.25) is 0 Å². The number of hydrogen-bond donors (Lipinski definition) is 0. The van der Waals surface area contributed by atoms with Crippen molar-refractivity contribution >= 4 is 34.8 Å². The van der Waals surface area contributed by atoms with Crippen molar-refractivity contribution in [2.45, 2.75) is 72.8 Å². The number of likely N-dealkylation sites (tertiary alicyclic amines) is 1. The summed E-state index contributed by atoms with van der Waals surface area (Å²) in [5, 5.41) is 0. The molecule has 0 N–H and O–H groups in total. The van der Waals surface area contributed by atoms with Gasteiger partial charge in [0.2, 0.25) is 11.8 Å². The monoisotopic (exact) mass is 498 g/mol. The van der Waals surface area contributed by atoms with Gasteiger partial charge in [0.25, 0.3) is 0 Å². The fourth-order valence-corrected chi connectivity index (χ4v) is 5.70. The first-order valence-corrected chi connectivity index (χ1v) is 13.2. The smallest absolute Gasteiger partial charge is 0.350 e. The number of rotatable bonds is 4. The summed E-state index contributed by atoms with van der Waals surface area (Å²) in [6, 6.07) is 1.14. The Morgan fingerprint density at radius 3 is 2.60 bits per heavy atom. The number of likely N-dealkylation sites (N-methyl/N-ethyl adjacent to an activating group) is 1. The molecule has 1 aromatic rings. The van der Waals surface area contributed by atoms with E-state index in [0.717, 1.165) is 19.3 Å². The van der Waals surface area contributed by atoms with Crippen molar-refractivity contribution in [2.75, 3.05) is 25.6 Å². The molecule has 190 valence electrons. The van der Waals surface area contributed by atoms with Crippen LogP contribution in [0.4, 0.5) is 5.69 Å². The maximum Gasteiger partial charge on any atom is 0.350 e. The van der Waals surface area contributed by atoms with Crippen LogP contribution < -0.4 is 4.90 Å². The van der Waals surface area contributed by atoms with Crippen molar-refractivity contribution in [1.29, 1.82) is 0 Å². The minimum absolute atomic E-state index is 0.0876. The molecule has 0 bridgehead atoms. The Balaban J connectivity index is 2.16. The molecule has 3 atom stereocenters. The van der Waals surface area contributed by atoms with Crippen molar-refractivity contribution < 1.29 is 19.1 Å². The van der Waals surface area contributed by atoms with Crippen molar-refractivity contribution in [3.63, 3.8) is 0 Å². The van der Waals surface area contributed by atoms with Crippen LogP contribution in [-0.4, -0.2) is 49.4 Å². The van der Waals surface area contributed by atoms with Gasteiger partial charge in [0.15, 0.2) is 0 Å². The summed E-state index contributed by atoms with van der Waals surface area (Å²) in [6.07, 6.45) is 5.88. The molecule has 1 aromatic heterocycles. The maximum atomic E-state index is 14.2. The molecule has 1 fully saturated rings. The van der Waals surface area contributed by atoms with Crippen LogP contribution in [0, 0.1) is 29.1 Å². The first-order valence-electron chi connectivity index (χ1n) is 12.4. The van der Waals surface area contributed by atoms with Gasteiger partial charge in [0.05, 0.1) is 17.7 Å². The second-order valence-electron chi connectivity index (χ2n) is 10.9. The minimum atomic E-state index is -0.657. The molecule has 1 saturated heterocycles. The number of thiophene rings is 1. The summed E-state index contributed by atoms with van der Waals surface area (Å²) in [5.41, 5.74) is 1.51. The predicted molar refractivity (Wildman–Crippen MR) is 140 cm³/mol. The SMILES string of the molecule is COC(=O)c1sc(C#CC(C)(C)C)cc1N(C(=O)[C@H]1CC=C(C)C[C@@H]1C)[C@H]1CCCCN(C)C1=O. The quantitative estimate of drug-likeness (QED) is 0.322. The molecule has 1 aliphatic carbocycles. The molecule has 3 rings (SSSR count). The van der Waals surface area contributed by atoms with E-state index in [2.05, 4.69) is 31.8 Å². The van der Waals surface area contributed by atoms with Gasteiger partial charge in [-0.05, 0) is 71.8 Å². The van der Waals surface area contributed by atoms with Gasteiger partial charge >= 0.3 is 5.97 Å². The Kier molecular flexibility index (Phi) is 8.48. The Morgan fingerprint density at radius 2 is 1.97 bits per heavy atom.